The van der Waals surface area contributed by atoms with Crippen LogP contribution in [0, 0.1) is 0 Å². The van der Waals surface area contributed by atoms with Crippen molar-refractivity contribution in [2.24, 2.45) is 0 Å². The van der Waals surface area contributed by atoms with E-state index in [0.29, 0.717) is 25.7 Å². The van der Waals surface area contributed by atoms with Crippen molar-refractivity contribution < 1.29 is 24.2 Å². The first-order chi connectivity index (χ1) is 15.9. The van der Waals surface area contributed by atoms with Crippen LogP contribution in [0.2, 0.25) is 0 Å². The molecule has 7 nitrogen and oxygen atoms in total. The van der Waals surface area contributed by atoms with Gasteiger partial charge in [-0.1, -0.05) is 54.6 Å². The molecule has 0 aromatic heterocycles. The van der Waals surface area contributed by atoms with Gasteiger partial charge < -0.3 is 14.7 Å². The molecule has 0 bridgehead atoms. The number of amides is 1. The van der Waals surface area contributed by atoms with Gasteiger partial charge in [-0.05, 0) is 56.2 Å². The van der Waals surface area contributed by atoms with Crippen LogP contribution in [0.25, 0.3) is 0 Å². The van der Waals surface area contributed by atoms with Gasteiger partial charge in [0.25, 0.3) is 0 Å². The van der Waals surface area contributed by atoms with Crippen LogP contribution in [0.5, 0.6) is 0 Å². The Hall–Kier alpha value is -3.19. The molecule has 0 aliphatic heterocycles. The summed E-state index contributed by atoms with van der Waals surface area (Å²) in [4.78, 5) is 38.9. The predicted molar refractivity (Wildman–Crippen MR) is 125 cm³/mol. The number of aryl methyl sites for hydroxylation is 1. The van der Waals surface area contributed by atoms with Crippen molar-refractivity contribution in [1.82, 2.24) is 10.2 Å². The number of carboxylic acids is 1. The van der Waals surface area contributed by atoms with E-state index in [1.807, 2.05) is 54.6 Å². The monoisotopic (exact) mass is 452 g/mol. The Bertz CT molecular complexity index is 937. The van der Waals surface area contributed by atoms with Crippen LogP contribution in [0.3, 0.4) is 0 Å². The molecule has 0 fully saturated rings. The van der Waals surface area contributed by atoms with Crippen LogP contribution >= 0.6 is 0 Å². The van der Waals surface area contributed by atoms with Gasteiger partial charge in [-0.15, -0.1) is 0 Å². The van der Waals surface area contributed by atoms with Crippen molar-refractivity contribution in [3.8, 4) is 0 Å². The average molecular weight is 453 g/mol. The third kappa shape index (κ3) is 6.65. The SMILES string of the molecule is CCOC(=O)[C@@H](CCc1ccccc1)N[C@H](C)C(=O)N(CC(=O)O)C1Cc2ccccc2C1. The maximum atomic E-state index is 13.4. The van der Waals surface area contributed by atoms with Crippen LogP contribution in [-0.4, -0.2) is 59.1 Å². The third-order valence-corrected chi connectivity index (χ3v) is 6.02. The molecular weight excluding hydrogens is 420 g/mol. The second-order valence-corrected chi connectivity index (χ2v) is 8.41. The molecule has 0 heterocycles. The molecule has 176 valence electrons. The molecule has 0 unspecified atom stereocenters. The topological polar surface area (TPSA) is 95.9 Å². The van der Waals surface area contributed by atoms with Crippen molar-refractivity contribution in [3.63, 3.8) is 0 Å². The number of fused-ring (bicyclic) bond motifs is 1. The number of hydrogen-bond donors (Lipinski definition) is 2. The van der Waals surface area contributed by atoms with E-state index in [0.717, 1.165) is 16.7 Å². The molecule has 0 saturated heterocycles. The number of carboxylic acid groups (broad SMARTS) is 1. The van der Waals surface area contributed by atoms with E-state index in [4.69, 9.17) is 4.74 Å². The van der Waals surface area contributed by atoms with Gasteiger partial charge in [0, 0.05) is 6.04 Å². The molecule has 1 aliphatic rings. The largest absolute Gasteiger partial charge is 0.480 e. The van der Waals surface area contributed by atoms with Gasteiger partial charge in [0.05, 0.1) is 12.6 Å². The van der Waals surface area contributed by atoms with E-state index in [1.54, 1.807) is 13.8 Å². The van der Waals surface area contributed by atoms with Gasteiger partial charge in [0.15, 0.2) is 0 Å². The minimum atomic E-state index is -1.06. The quantitative estimate of drug-likeness (QED) is 0.509. The average Bonchev–Trinajstić information content (AvgIpc) is 3.24. The van der Waals surface area contributed by atoms with E-state index >= 15 is 0 Å². The fourth-order valence-electron chi connectivity index (χ4n) is 4.38. The summed E-state index contributed by atoms with van der Waals surface area (Å²) in [5.74, 6) is -1.80. The second-order valence-electron chi connectivity index (χ2n) is 8.41. The normalized spacial score (nSPS) is 14.8. The predicted octanol–water partition coefficient (Wildman–Crippen LogP) is 2.61. The van der Waals surface area contributed by atoms with E-state index in [9.17, 15) is 19.5 Å². The molecular formula is C26H32N2O5. The fourth-order valence-corrected chi connectivity index (χ4v) is 4.38. The molecule has 2 aromatic rings. The highest BCUT2D eigenvalue weighted by atomic mass is 16.5. The molecule has 2 aromatic carbocycles. The smallest absolute Gasteiger partial charge is 0.323 e. The Labute approximate surface area is 194 Å². The van der Waals surface area contributed by atoms with Gasteiger partial charge in [-0.25, -0.2) is 0 Å². The van der Waals surface area contributed by atoms with E-state index in [-0.39, 0.29) is 25.1 Å². The van der Waals surface area contributed by atoms with E-state index < -0.39 is 24.0 Å². The third-order valence-electron chi connectivity index (χ3n) is 6.02. The number of benzene rings is 2. The summed E-state index contributed by atoms with van der Waals surface area (Å²) in [5, 5.41) is 12.6. The highest BCUT2D eigenvalue weighted by molar-refractivity contribution is 5.86. The summed E-state index contributed by atoms with van der Waals surface area (Å²) < 4.78 is 5.22. The first kappa shape index (κ1) is 24.5. The van der Waals surface area contributed by atoms with Crippen molar-refractivity contribution in [2.75, 3.05) is 13.2 Å². The van der Waals surface area contributed by atoms with Gasteiger partial charge >= 0.3 is 11.9 Å². The zero-order valence-corrected chi connectivity index (χ0v) is 19.2. The lowest BCUT2D eigenvalue weighted by atomic mass is 10.0. The van der Waals surface area contributed by atoms with Gasteiger partial charge in [-0.2, -0.15) is 0 Å². The fraction of sp³-hybridized carbons (Fsp3) is 0.423. The highest BCUT2D eigenvalue weighted by Gasteiger charge is 2.34. The van der Waals surface area contributed by atoms with Crippen LogP contribution in [-0.2, 0) is 38.4 Å². The lowest BCUT2D eigenvalue weighted by Crippen LogP contribution is -2.54. The first-order valence-electron chi connectivity index (χ1n) is 11.4. The lowest BCUT2D eigenvalue weighted by molar-refractivity contribution is -0.149. The molecule has 3 rings (SSSR count). The number of rotatable bonds is 11. The highest BCUT2D eigenvalue weighted by Crippen LogP contribution is 2.26. The molecule has 1 aliphatic carbocycles. The van der Waals surface area contributed by atoms with Gasteiger partial charge in [0.2, 0.25) is 5.91 Å². The molecule has 33 heavy (non-hydrogen) atoms. The number of carbonyl (C=O) groups is 3. The molecule has 0 radical (unpaired) electrons. The number of hydrogen-bond acceptors (Lipinski definition) is 5. The molecule has 1 amide bonds. The zero-order valence-electron chi connectivity index (χ0n) is 19.2. The van der Waals surface area contributed by atoms with E-state index in [2.05, 4.69) is 5.32 Å². The number of nitrogens with one attached hydrogen (secondary N) is 1. The number of ether oxygens (including phenoxy) is 1. The van der Waals surface area contributed by atoms with Crippen molar-refractivity contribution in [1.29, 1.82) is 0 Å². The number of nitrogens with zero attached hydrogens (tertiary/aromatic N) is 1. The molecule has 2 N–H and O–H groups in total. The summed E-state index contributed by atoms with van der Waals surface area (Å²) in [7, 11) is 0. The molecule has 0 saturated carbocycles. The number of esters is 1. The van der Waals surface area contributed by atoms with Gasteiger partial charge in [-0.3, -0.25) is 19.7 Å². The zero-order chi connectivity index (χ0) is 23.8. The maximum Gasteiger partial charge on any atom is 0.323 e. The molecule has 0 spiro atoms. The summed E-state index contributed by atoms with van der Waals surface area (Å²) in [6, 6.07) is 16.1. The summed E-state index contributed by atoms with van der Waals surface area (Å²) in [6.45, 7) is 3.29. The Morgan fingerprint density at radius 1 is 1.06 bits per heavy atom. The second kappa shape index (κ2) is 11.6. The van der Waals surface area contributed by atoms with Crippen molar-refractivity contribution in [2.45, 2.75) is 57.7 Å². The Kier molecular flexibility index (Phi) is 8.60. The first-order valence-corrected chi connectivity index (χ1v) is 11.4. The summed E-state index contributed by atoms with van der Waals surface area (Å²) >= 11 is 0. The summed E-state index contributed by atoms with van der Waals surface area (Å²) in [6.07, 6.45) is 2.36. The Balaban J connectivity index is 1.70. The van der Waals surface area contributed by atoms with Crippen molar-refractivity contribution >= 4 is 17.8 Å². The standard InChI is InChI=1S/C26H32N2O5/c1-3-33-26(32)23(14-13-19-9-5-4-6-10-19)27-18(2)25(31)28(17-24(29)30)22-15-20-11-7-8-12-21(20)16-22/h4-12,18,22-23,27H,3,13-17H2,1-2H3,(H,29,30)/t18-,23-/m1/s1. The molecule has 2 atom stereocenters. The molecule has 7 heteroatoms. The number of carbonyl (C=O) groups excluding carboxylic acids is 2. The van der Waals surface area contributed by atoms with Crippen LogP contribution in [0.4, 0.5) is 0 Å². The van der Waals surface area contributed by atoms with Crippen molar-refractivity contribution in [3.05, 3.63) is 71.3 Å². The maximum absolute atomic E-state index is 13.4. The minimum absolute atomic E-state index is 0.222. The number of aliphatic carboxylic acids is 1. The minimum Gasteiger partial charge on any atom is -0.480 e. The van der Waals surface area contributed by atoms with Crippen LogP contribution < -0.4 is 5.32 Å². The van der Waals surface area contributed by atoms with Crippen LogP contribution in [0.1, 0.15) is 37.0 Å². The Morgan fingerprint density at radius 3 is 2.24 bits per heavy atom. The van der Waals surface area contributed by atoms with Gasteiger partial charge in [0.1, 0.15) is 12.6 Å². The summed E-state index contributed by atoms with van der Waals surface area (Å²) in [5.41, 5.74) is 3.36. The Morgan fingerprint density at radius 2 is 1.67 bits per heavy atom. The van der Waals surface area contributed by atoms with Crippen LogP contribution in [0.15, 0.2) is 54.6 Å². The van der Waals surface area contributed by atoms with E-state index in [1.165, 1.54) is 4.90 Å². The lowest BCUT2D eigenvalue weighted by Gasteiger charge is -2.31.